The van der Waals surface area contributed by atoms with Gasteiger partial charge in [0.15, 0.2) is 17.4 Å². The number of nitriles is 1. The lowest BCUT2D eigenvalue weighted by atomic mass is 9.84. The van der Waals surface area contributed by atoms with Crippen LogP contribution >= 0.6 is 7.75 Å². The largest absolute Gasteiger partial charge is 0.479 e. The lowest BCUT2D eigenvalue weighted by Crippen LogP contribution is -2.38. The van der Waals surface area contributed by atoms with E-state index < -0.39 is 61.9 Å². The number of rotatable bonds is 10. The number of imidazole rings is 1. The number of aliphatic hydroxyl groups is 1. The minimum absolute atomic E-state index is 0.0612. The number of anilines is 1. The zero-order valence-electron chi connectivity index (χ0n) is 27.8. The number of fused-ring (bicyclic) bond motifs is 2. The molecule has 1 saturated heterocycles. The summed E-state index contributed by atoms with van der Waals surface area (Å²) in [5.74, 6) is -0.713. The van der Waals surface area contributed by atoms with Crippen LogP contribution in [0.15, 0.2) is 36.8 Å². The second-order valence-corrected chi connectivity index (χ2v) is 14.1. The van der Waals surface area contributed by atoms with Gasteiger partial charge in [-0.25, -0.2) is 14.3 Å². The molecule has 18 nitrogen and oxygen atoms in total. The fourth-order valence-corrected chi connectivity index (χ4v) is 6.75. The molecule has 0 spiro atoms. The number of nitrogens with zero attached hydrogens (tertiary/aromatic N) is 6. The Morgan fingerprint density at radius 3 is 2.65 bits per heavy atom. The van der Waals surface area contributed by atoms with Crippen molar-refractivity contribution in [2.24, 2.45) is 5.41 Å². The number of carbonyl (C=O) groups excluding carboxylic acids is 2. The van der Waals surface area contributed by atoms with Crippen LogP contribution in [0, 0.1) is 16.7 Å². The molecular formula is C30H37N8O10P. The van der Waals surface area contributed by atoms with E-state index in [0.29, 0.717) is 10.9 Å². The topological polar surface area (TPSA) is 237 Å². The van der Waals surface area contributed by atoms with E-state index in [2.05, 4.69) is 26.1 Å². The molecule has 4 heterocycles. The van der Waals surface area contributed by atoms with E-state index >= 15 is 0 Å². The van der Waals surface area contributed by atoms with Crippen LogP contribution in [0.4, 0.5) is 10.7 Å². The van der Waals surface area contributed by atoms with Gasteiger partial charge in [-0.15, -0.1) is 0 Å². The van der Waals surface area contributed by atoms with E-state index in [9.17, 15) is 24.5 Å². The Morgan fingerprint density at radius 2 is 2.00 bits per heavy atom. The van der Waals surface area contributed by atoms with Crippen LogP contribution in [-0.2, 0) is 28.1 Å². The first kappa shape index (κ1) is 35.5. The van der Waals surface area contributed by atoms with Crippen LogP contribution in [0.25, 0.3) is 22.1 Å². The van der Waals surface area contributed by atoms with Crippen molar-refractivity contribution in [2.75, 3.05) is 26.6 Å². The minimum Gasteiger partial charge on any atom is -0.479 e. The van der Waals surface area contributed by atoms with E-state index in [0.717, 1.165) is 7.11 Å². The first-order valence-corrected chi connectivity index (χ1v) is 16.5. The third-order valence-electron chi connectivity index (χ3n) is 7.67. The van der Waals surface area contributed by atoms with Crippen molar-refractivity contribution in [3.63, 3.8) is 0 Å². The van der Waals surface area contributed by atoms with Gasteiger partial charge in [-0.2, -0.15) is 20.3 Å². The Balaban J connectivity index is 1.41. The van der Waals surface area contributed by atoms with Gasteiger partial charge in [0.25, 0.3) is 0 Å². The van der Waals surface area contributed by atoms with Crippen molar-refractivity contribution in [1.82, 2.24) is 29.2 Å². The van der Waals surface area contributed by atoms with Crippen LogP contribution in [0.5, 0.6) is 11.6 Å². The molecule has 4 N–H and O–H groups in total. The zero-order chi connectivity index (χ0) is 35.9. The summed E-state index contributed by atoms with van der Waals surface area (Å²) >= 11 is 0. The lowest BCUT2D eigenvalue weighted by molar-refractivity contribution is -0.142. The predicted octanol–water partition coefficient (Wildman–Crippen LogP) is 3.30. The number of carbonyl (C=O) groups is 2. The van der Waals surface area contributed by atoms with Gasteiger partial charge in [0.1, 0.15) is 35.0 Å². The van der Waals surface area contributed by atoms with Gasteiger partial charge >= 0.3 is 19.8 Å². The number of methoxy groups -OCH3 is 2. The second-order valence-electron chi connectivity index (χ2n) is 12.4. The first-order valence-electron chi connectivity index (χ1n) is 15.0. The fourth-order valence-electron chi connectivity index (χ4n) is 5.26. The lowest BCUT2D eigenvalue weighted by Gasteiger charge is -2.26. The standard InChI is InChI=1S/C30H37N8O10P/c1-16(25(40)44-7)36-49(42,48-18-8-9-19-17(12-18)10-11-37(19)28(41)47-29(2,3)4)45-13-20-22(39)30(5,14-31)26(46-20)38-15-33-21-23(38)34-27(32)35-24(21)43-6/h8-12,15-16,20,22,26,39H,13H2,1-7H3,(H,36,42)(H2,32,34,35). The maximum Gasteiger partial charge on any atom is 0.459 e. The molecule has 6 unspecified atom stereocenters. The number of benzene rings is 1. The van der Waals surface area contributed by atoms with E-state index in [1.165, 1.54) is 54.7 Å². The number of nitrogens with two attached hydrogens (primary N) is 1. The van der Waals surface area contributed by atoms with Gasteiger partial charge in [-0.3, -0.25) is 18.5 Å². The summed E-state index contributed by atoms with van der Waals surface area (Å²) in [5, 5.41) is 24.6. The Kier molecular flexibility index (Phi) is 9.61. The highest BCUT2D eigenvalue weighted by Gasteiger charge is 2.56. The molecule has 3 aromatic heterocycles. The first-order chi connectivity index (χ1) is 23.0. The van der Waals surface area contributed by atoms with Gasteiger partial charge in [-0.1, -0.05) is 0 Å². The summed E-state index contributed by atoms with van der Waals surface area (Å²) in [6.07, 6.45) is -1.59. The number of nitrogens with one attached hydrogen (secondary N) is 1. The Labute approximate surface area is 280 Å². The zero-order valence-corrected chi connectivity index (χ0v) is 28.7. The van der Waals surface area contributed by atoms with Gasteiger partial charge in [0.2, 0.25) is 11.8 Å². The molecule has 0 saturated carbocycles. The monoisotopic (exact) mass is 700 g/mol. The third kappa shape index (κ3) is 7.02. The normalized spacial score (nSPS) is 22.7. The molecular weight excluding hydrogens is 663 g/mol. The average molecular weight is 701 g/mol. The van der Waals surface area contributed by atoms with Crippen LogP contribution in [-0.4, -0.2) is 85.9 Å². The molecule has 4 aromatic rings. The number of ether oxygens (including phenoxy) is 4. The molecule has 49 heavy (non-hydrogen) atoms. The quantitative estimate of drug-likeness (QED) is 0.159. The molecule has 0 radical (unpaired) electrons. The molecule has 1 aliphatic rings. The number of nitrogen functional groups attached to an aromatic ring is 1. The molecule has 262 valence electrons. The summed E-state index contributed by atoms with van der Waals surface area (Å²) in [5.41, 5.74) is 4.47. The smallest absolute Gasteiger partial charge is 0.459 e. The van der Waals surface area contributed by atoms with E-state index in [4.69, 9.17) is 33.7 Å². The number of hydrogen-bond donors (Lipinski definition) is 3. The number of esters is 1. The molecule has 5 rings (SSSR count). The van der Waals surface area contributed by atoms with E-state index in [1.54, 1.807) is 32.9 Å². The Morgan fingerprint density at radius 1 is 1.27 bits per heavy atom. The van der Waals surface area contributed by atoms with Crippen LogP contribution < -0.4 is 20.1 Å². The predicted molar refractivity (Wildman–Crippen MR) is 172 cm³/mol. The summed E-state index contributed by atoms with van der Waals surface area (Å²) in [6, 6.07) is 7.13. The van der Waals surface area contributed by atoms with E-state index in [1.807, 2.05) is 0 Å². The SMILES string of the molecule is COC(=O)C(C)NP(=O)(OCC1OC(n2cnc3c(OC)nc(N)nc32)C(C)(C#N)C1O)Oc1ccc2c(ccn2C(=O)OC(C)(C)C)c1. The maximum absolute atomic E-state index is 14.2. The summed E-state index contributed by atoms with van der Waals surface area (Å²) in [6.45, 7) is 7.56. The van der Waals surface area contributed by atoms with Gasteiger partial charge < -0.3 is 34.3 Å². The summed E-state index contributed by atoms with van der Waals surface area (Å²) in [7, 11) is -1.90. The van der Waals surface area contributed by atoms with E-state index in [-0.39, 0.29) is 28.7 Å². The van der Waals surface area contributed by atoms with Crippen LogP contribution in [0.2, 0.25) is 0 Å². The van der Waals surface area contributed by atoms with Crippen LogP contribution in [0.1, 0.15) is 40.8 Å². The van der Waals surface area contributed by atoms with Gasteiger partial charge in [-0.05, 0) is 58.9 Å². The van der Waals surface area contributed by atoms with Crippen molar-refractivity contribution in [1.29, 1.82) is 5.26 Å². The summed E-state index contributed by atoms with van der Waals surface area (Å²) < 4.78 is 50.1. The molecule has 1 fully saturated rings. The number of hydrogen-bond acceptors (Lipinski definition) is 15. The average Bonchev–Trinajstić information content (AvgIpc) is 3.72. The minimum atomic E-state index is -4.44. The molecule has 0 amide bonds. The highest BCUT2D eigenvalue weighted by Crippen LogP contribution is 2.50. The van der Waals surface area contributed by atoms with Crippen molar-refractivity contribution in [2.45, 2.75) is 64.7 Å². The summed E-state index contributed by atoms with van der Waals surface area (Å²) in [4.78, 5) is 37.5. The molecule has 6 atom stereocenters. The van der Waals surface area contributed by atoms with Crippen LogP contribution in [0.3, 0.4) is 0 Å². The fraction of sp³-hybridized carbons (Fsp3) is 0.467. The van der Waals surface area contributed by atoms with Crippen molar-refractivity contribution < 1.29 is 47.3 Å². The molecule has 0 bridgehead atoms. The Hall–Kier alpha value is -4.79. The van der Waals surface area contributed by atoms with Crippen molar-refractivity contribution in [3.8, 4) is 17.7 Å². The molecule has 19 heteroatoms. The van der Waals surface area contributed by atoms with Crippen molar-refractivity contribution in [3.05, 3.63) is 36.8 Å². The molecule has 1 aliphatic heterocycles. The second kappa shape index (κ2) is 13.3. The molecule has 0 aliphatic carbocycles. The third-order valence-corrected chi connectivity index (χ3v) is 9.31. The maximum atomic E-state index is 14.2. The Bertz CT molecular complexity index is 1980. The number of aliphatic hydroxyl groups excluding tert-OH is 1. The van der Waals surface area contributed by atoms with Crippen molar-refractivity contribution >= 4 is 47.8 Å². The highest BCUT2D eigenvalue weighted by atomic mass is 31.2. The highest BCUT2D eigenvalue weighted by molar-refractivity contribution is 7.52. The molecule has 1 aromatic carbocycles. The number of aromatic nitrogens is 5. The van der Waals surface area contributed by atoms with Gasteiger partial charge in [0, 0.05) is 11.6 Å². The van der Waals surface area contributed by atoms with Gasteiger partial charge in [0.05, 0.1) is 38.7 Å².